The molecule has 0 atom stereocenters. The predicted octanol–water partition coefficient (Wildman–Crippen LogP) is 5.11. The van der Waals surface area contributed by atoms with Crippen molar-refractivity contribution >= 4 is 67.6 Å². The van der Waals surface area contributed by atoms with Crippen LogP contribution < -0.4 is 21.5 Å². The zero-order chi connectivity index (χ0) is 39.4. The lowest BCUT2D eigenvalue weighted by Crippen LogP contribution is -2.19. The van der Waals surface area contributed by atoms with Crippen LogP contribution in [0.15, 0.2) is 65.4 Å². The molecule has 3 amide bonds. The first-order valence-electron chi connectivity index (χ1n) is 17.9. The predicted molar refractivity (Wildman–Crippen MR) is 209 cm³/mol. The molecule has 0 bridgehead atoms. The number of benzene rings is 2. The van der Waals surface area contributed by atoms with E-state index in [9.17, 15) is 14.4 Å². The fraction of sp³-hybridized carbons (Fsp3) is 0.231. The van der Waals surface area contributed by atoms with Gasteiger partial charge < -0.3 is 29.8 Å². The number of nitrogens with zero attached hydrogens (tertiary/aromatic N) is 9. The number of carbonyl (C=O) groups is 3. The van der Waals surface area contributed by atoms with Crippen LogP contribution in [0.3, 0.4) is 0 Å². The van der Waals surface area contributed by atoms with Crippen molar-refractivity contribution in [2.24, 2.45) is 11.5 Å². The molecule has 0 aliphatic heterocycles. The molecule has 0 radical (unpaired) electrons. The normalized spacial score (nSPS) is 11.9. The van der Waals surface area contributed by atoms with E-state index < -0.39 is 17.7 Å². The van der Waals surface area contributed by atoms with Crippen molar-refractivity contribution in [2.75, 3.05) is 12.4 Å². The highest BCUT2D eigenvalue weighted by Crippen LogP contribution is 2.37. The van der Waals surface area contributed by atoms with E-state index in [1.165, 1.54) is 13.4 Å². The van der Waals surface area contributed by atoms with Crippen LogP contribution in [0.25, 0.3) is 55.5 Å². The molecule has 0 unspecified atom stereocenters. The van der Waals surface area contributed by atoms with Gasteiger partial charge in [-0.3, -0.25) is 29.1 Å². The number of aryl methyl sites for hydroxylation is 4. The third-order valence-electron chi connectivity index (χ3n) is 9.71. The summed E-state index contributed by atoms with van der Waals surface area (Å²) in [5.74, 6) is -0.466. The number of anilines is 1. The van der Waals surface area contributed by atoms with Crippen molar-refractivity contribution in [2.45, 2.75) is 53.9 Å². The van der Waals surface area contributed by atoms with Gasteiger partial charge in [-0.05, 0) is 64.1 Å². The Hall–Kier alpha value is -7.30. The fourth-order valence-electron chi connectivity index (χ4n) is 7.23. The minimum Gasteiger partial charge on any atom is -0.495 e. The van der Waals surface area contributed by atoms with Crippen molar-refractivity contribution < 1.29 is 23.5 Å². The van der Waals surface area contributed by atoms with Gasteiger partial charge >= 0.3 is 0 Å². The first-order chi connectivity index (χ1) is 27.0. The van der Waals surface area contributed by atoms with Gasteiger partial charge in [-0.1, -0.05) is 12.2 Å². The molecule has 0 aliphatic carbocycles. The van der Waals surface area contributed by atoms with Crippen molar-refractivity contribution in [1.29, 1.82) is 0 Å². The van der Waals surface area contributed by atoms with Gasteiger partial charge in [-0.15, -0.1) is 0 Å². The van der Waals surface area contributed by atoms with E-state index >= 15 is 0 Å². The van der Waals surface area contributed by atoms with Crippen LogP contribution in [0.5, 0.6) is 5.75 Å². The maximum Gasteiger partial charge on any atom is 0.276 e. The summed E-state index contributed by atoms with van der Waals surface area (Å²) in [7, 11) is 1.53. The van der Waals surface area contributed by atoms with E-state index in [4.69, 9.17) is 35.6 Å². The van der Waals surface area contributed by atoms with E-state index in [-0.39, 0.29) is 23.6 Å². The molecule has 17 nitrogen and oxygen atoms in total. The van der Waals surface area contributed by atoms with Gasteiger partial charge in [0.05, 0.1) is 41.4 Å². The SMILES string of the molecule is CCn1nc(C)cc1C(=O)Nc1nc2cc(C(N)=O)c3ccoc3c2n1CC=CCn1c2nc(-c3cc(C)nn3CC)ncc2c2cc(C(N)=O)cc(OC)c21. The number of hydrogen-bond acceptors (Lipinski definition) is 10. The molecular formula is C39H38N12O5. The van der Waals surface area contributed by atoms with E-state index in [1.54, 1.807) is 45.8 Å². The molecule has 56 heavy (non-hydrogen) atoms. The quantitative estimate of drug-likeness (QED) is 0.140. The summed E-state index contributed by atoms with van der Waals surface area (Å²) in [6.45, 7) is 9.32. The summed E-state index contributed by atoms with van der Waals surface area (Å²) in [6, 6.07) is 10.3. The number of nitrogens with two attached hydrogens (primary N) is 2. The Balaban J connectivity index is 1.24. The largest absolute Gasteiger partial charge is 0.495 e. The van der Waals surface area contributed by atoms with Gasteiger partial charge in [0.15, 0.2) is 11.4 Å². The number of aromatic nitrogens is 9. The zero-order valence-corrected chi connectivity index (χ0v) is 31.3. The van der Waals surface area contributed by atoms with Crippen LogP contribution in [-0.4, -0.2) is 68.5 Å². The highest BCUT2D eigenvalue weighted by molar-refractivity contribution is 6.14. The molecular weight excluding hydrogens is 717 g/mol. The lowest BCUT2D eigenvalue weighted by Gasteiger charge is -2.11. The number of primary amides is 2. The van der Waals surface area contributed by atoms with Gasteiger partial charge in [0.2, 0.25) is 17.8 Å². The Kier molecular flexibility index (Phi) is 8.83. The van der Waals surface area contributed by atoms with Crippen LogP contribution in [-0.2, 0) is 26.2 Å². The number of ether oxygens (including phenoxy) is 1. The number of allylic oxidation sites excluding steroid dienone is 2. The Morgan fingerprint density at radius 1 is 0.857 bits per heavy atom. The maximum absolute atomic E-state index is 13.7. The van der Waals surface area contributed by atoms with Crippen LogP contribution in [0.1, 0.15) is 56.4 Å². The standard InChI is InChI=1S/C39H38N12O5/c1-6-50-28(14-20(3)46-50)36-42-19-26-24-16-22(34(40)52)17-30(55-5)31(24)48(37(26)44-36)11-8-9-12-49-32-27(18-25(35(41)53)23-10-13-56-33(23)32)43-39(49)45-38(54)29-15-21(4)47-51(29)7-2/h8-10,13-19H,6-7,11-12H2,1-5H3,(H2,40,52)(H2,41,53)(H,43,45,54). The number of amides is 3. The first-order valence-corrected chi connectivity index (χ1v) is 17.9. The number of fused-ring (bicyclic) bond motifs is 6. The Morgan fingerprint density at radius 2 is 1.59 bits per heavy atom. The third-order valence-corrected chi connectivity index (χ3v) is 9.71. The Labute approximate surface area is 318 Å². The van der Waals surface area contributed by atoms with Gasteiger partial charge in [0, 0.05) is 54.1 Å². The highest BCUT2D eigenvalue weighted by Gasteiger charge is 2.24. The summed E-state index contributed by atoms with van der Waals surface area (Å²) < 4.78 is 19.0. The molecule has 0 fully saturated rings. The van der Waals surface area contributed by atoms with Crippen LogP contribution in [0.2, 0.25) is 0 Å². The van der Waals surface area contributed by atoms with Gasteiger partial charge in [0.25, 0.3) is 5.91 Å². The van der Waals surface area contributed by atoms with Gasteiger partial charge in [-0.2, -0.15) is 10.2 Å². The van der Waals surface area contributed by atoms with Crippen LogP contribution in [0, 0.1) is 13.8 Å². The molecule has 0 aliphatic rings. The third kappa shape index (κ3) is 5.89. The smallest absolute Gasteiger partial charge is 0.276 e. The number of carbonyl (C=O) groups excluding carboxylic acids is 3. The monoisotopic (exact) mass is 754 g/mol. The topological polar surface area (TPSA) is 222 Å². The number of methoxy groups -OCH3 is 1. The summed E-state index contributed by atoms with van der Waals surface area (Å²) in [5.41, 5.74) is 17.4. The second kappa shape index (κ2) is 13.8. The molecule has 6 heterocycles. The second-order valence-electron chi connectivity index (χ2n) is 13.2. The fourth-order valence-corrected chi connectivity index (χ4v) is 7.23. The van der Waals surface area contributed by atoms with Gasteiger partial charge in [0.1, 0.15) is 28.3 Å². The molecule has 0 saturated heterocycles. The number of hydrogen-bond donors (Lipinski definition) is 3. The lowest BCUT2D eigenvalue weighted by atomic mass is 10.1. The summed E-state index contributed by atoms with van der Waals surface area (Å²) in [6.07, 6.45) is 7.09. The minimum atomic E-state index is -0.633. The Bertz CT molecular complexity index is 2920. The average Bonchev–Trinajstić information content (AvgIpc) is 4.01. The summed E-state index contributed by atoms with van der Waals surface area (Å²) in [4.78, 5) is 52.9. The summed E-state index contributed by atoms with van der Waals surface area (Å²) >= 11 is 0. The minimum absolute atomic E-state index is 0.230. The molecule has 284 valence electrons. The first kappa shape index (κ1) is 35.7. The highest BCUT2D eigenvalue weighted by atomic mass is 16.5. The molecule has 2 aromatic carbocycles. The van der Waals surface area contributed by atoms with Crippen LogP contribution in [0.4, 0.5) is 5.95 Å². The molecule has 0 saturated carbocycles. The number of furan rings is 1. The van der Waals surface area contributed by atoms with Crippen molar-refractivity contribution in [3.8, 4) is 17.3 Å². The number of imidazole rings is 1. The van der Waals surface area contributed by atoms with E-state index in [1.807, 2.05) is 55.2 Å². The molecule has 6 aromatic heterocycles. The van der Waals surface area contributed by atoms with E-state index in [2.05, 4.69) is 15.5 Å². The lowest BCUT2D eigenvalue weighted by molar-refractivity contribution is 0.0992. The van der Waals surface area contributed by atoms with E-state index in [0.29, 0.717) is 86.5 Å². The molecule has 8 aromatic rings. The zero-order valence-electron chi connectivity index (χ0n) is 31.3. The average molecular weight is 755 g/mol. The molecule has 17 heteroatoms. The van der Waals surface area contributed by atoms with Crippen molar-refractivity contribution in [3.05, 3.63) is 89.2 Å². The van der Waals surface area contributed by atoms with Gasteiger partial charge in [-0.25, -0.2) is 15.0 Å². The Morgan fingerprint density at radius 3 is 2.30 bits per heavy atom. The maximum atomic E-state index is 13.7. The van der Waals surface area contributed by atoms with Crippen molar-refractivity contribution in [1.82, 2.24) is 43.6 Å². The molecule has 5 N–H and O–H groups in total. The molecule has 0 spiro atoms. The second-order valence-corrected chi connectivity index (χ2v) is 13.2. The van der Waals surface area contributed by atoms with Crippen molar-refractivity contribution in [3.63, 3.8) is 0 Å². The number of rotatable bonds is 12. The number of nitrogens with one attached hydrogen (secondary N) is 1. The summed E-state index contributed by atoms with van der Waals surface area (Å²) in [5, 5.41) is 13.9. The van der Waals surface area contributed by atoms with Crippen LogP contribution >= 0.6 is 0 Å². The molecule has 8 rings (SSSR count). The van der Waals surface area contributed by atoms with E-state index in [0.717, 1.165) is 11.4 Å².